The molecule has 0 aliphatic heterocycles. The Kier molecular flexibility index (Phi) is 5.78. The second-order valence-electron chi connectivity index (χ2n) is 6.78. The fourth-order valence-corrected chi connectivity index (χ4v) is 2.22. The molecule has 5 nitrogen and oxygen atoms in total. The quantitative estimate of drug-likeness (QED) is 0.795. The molecule has 0 saturated carbocycles. The van der Waals surface area contributed by atoms with Crippen molar-refractivity contribution < 1.29 is 4.79 Å². The third-order valence-corrected chi connectivity index (χ3v) is 3.78. The minimum Gasteiger partial charge on any atom is -0.360 e. The molecule has 0 aliphatic carbocycles. The number of allylic oxidation sites excluding steroid dienone is 1. The average molecular weight is 344 g/mol. The van der Waals surface area contributed by atoms with E-state index in [0.29, 0.717) is 16.9 Å². The fraction of sp³-hybridized carbons (Fsp3) is 0.190. The summed E-state index contributed by atoms with van der Waals surface area (Å²) in [4.78, 5) is 12.3. The van der Waals surface area contributed by atoms with Crippen molar-refractivity contribution in [3.8, 4) is 12.1 Å². The van der Waals surface area contributed by atoms with Crippen LogP contribution in [0.1, 0.15) is 36.7 Å². The highest BCUT2D eigenvalue weighted by Gasteiger charge is 2.14. The van der Waals surface area contributed by atoms with Gasteiger partial charge in [0, 0.05) is 23.1 Å². The van der Waals surface area contributed by atoms with E-state index in [1.807, 2.05) is 24.3 Å². The Balaban J connectivity index is 2.03. The lowest BCUT2D eigenvalue weighted by atomic mass is 9.87. The highest BCUT2D eigenvalue weighted by atomic mass is 16.1. The molecule has 0 radical (unpaired) electrons. The van der Waals surface area contributed by atoms with Gasteiger partial charge in [-0.3, -0.25) is 4.79 Å². The maximum absolute atomic E-state index is 12.3. The number of nitriles is 2. The van der Waals surface area contributed by atoms with E-state index in [9.17, 15) is 4.79 Å². The van der Waals surface area contributed by atoms with Gasteiger partial charge in [0.25, 0.3) is 5.91 Å². The van der Waals surface area contributed by atoms with Gasteiger partial charge < -0.3 is 10.6 Å². The van der Waals surface area contributed by atoms with Crippen LogP contribution in [0.5, 0.6) is 0 Å². The van der Waals surface area contributed by atoms with Crippen LogP contribution >= 0.6 is 0 Å². The molecule has 0 heterocycles. The lowest BCUT2D eigenvalue weighted by molar-refractivity contribution is 0.102. The first-order valence-corrected chi connectivity index (χ1v) is 8.12. The number of amides is 1. The predicted octanol–water partition coefficient (Wildman–Crippen LogP) is 4.58. The van der Waals surface area contributed by atoms with Crippen LogP contribution < -0.4 is 10.6 Å². The van der Waals surface area contributed by atoms with Gasteiger partial charge in [-0.15, -0.1) is 0 Å². The topological polar surface area (TPSA) is 88.7 Å². The number of carbonyl (C=O) groups is 1. The lowest BCUT2D eigenvalue weighted by Crippen LogP contribution is -2.14. The maximum atomic E-state index is 12.3. The Hall–Kier alpha value is -3.57. The molecule has 0 aromatic heterocycles. The second kappa shape index (κ2) is 8.00. The molecule has 0 fully saturated rings. The monoisotopic (exact) mass is 344 g/mol. The van der Waals surface area contributed by atoms with Crippen LogP contribution in [0.2, 0.25) is 0 Å². The summed E-state index contributed by atoms with van der Waals surface area (Å²) >= 11 is 0. The maximum Gasteiger partial charge on any atom is 0.255 e. The highest BCUT2D eigenvalue weighted by Crippen LogP contribution is 2.22. The van der Waals surface area contributed by atoms with E-state index in [2.05, 4.69) is 31.4 Å². The number of benzene rings is 2. The molecule has 0 atom stereocenters. The van der Waals surface area contributed by atoms with Crippen molar-refractivity contribution in [1.29, 1.82) is 10.5 Å². The Morgan fingerprint density at radius 3 is 1.96 bits per heavy atom. The highest BCUT2D eigenvalue weighted by molar-refractivity contribution is 6.04. The molecule has 1 amide bonds. The van der Waals surface area contributed by atoms with Gasteiger partial charge >= 0.3 is 0 Å². The molecule has 2 rings (SSSR count). The van der Waals surface area contributed by atoms with Gasteiger partial charge in [-0.25, -0.2) is 0 Å². The SMILES string of the molecule is CC(C)(C)c1ccc(C(=O)Nc2ccc(NC=C(C#N)C#N)cc2)cc1. The van der Waals surface area contributed by atoms with Crippen LogP contribution in [0, 0.1) is 22.7 Å². The lowest BCUT2D eigenvalue weighted by Gasteiger charge is -2.19. The van der Waals surface area contributed by atoms with Crippen molar-refractivity contribution in [3.05, 3.63) is 71.4 Å². The van der Waals surface area contributed by atoms with Gasteiger partial charge in [0.2, 0.25) is 0 Å². The van der Waals surface area contributed by atoms with E-state index < -0.39 is 0 Å². The molecule has 2 N–H and O–H groups in total. The summed E-state index contributed by atoms with van der Waals surface area (Å²) in [6.07, 6.45) is 1.34. The molecule has 2 aromatic carbocycles. The van der Waals surface area contributed by atoms with Gasteiger partial charge in [-0.05, 0) is 47.4 Å². The third-order valence-electron chi connectivity index (χ3n) is 3.78. The molecule has 0 saturated heterocycles. The normalized spacial score (nSPS) is 10.2. The van der Waals surface area contributed by atoms with E-state index in [1.54, 1.807) is 36.4 Å². The standard InChI is InChI=1S/C21H20N4O/c1-21(2,3)17-6-4-16(5-7-17)20(26)25-19-10-8-18(9-11-19)24-14-15(12-22)13-23/h4-11,14,24H,1-3H3,(H,25,26). The molecule has 0 spiro atoms. The first-order valence-electron chi connectivity index (χ1n) is 8.12. The van der Waals surface area contributed by atoms with Crippen molar-refractivity contribution in [2.45, 2.75) is 26.2 Å². The Bertz CT molecular complexity index is 874. The van der Waals surface area contributed by atoms with Crippen LogP contribution in [-0.4, -0.2) is 5.91 Å². The van der Waals surface area contributed by atoms with E-state index in [1.165, 1.54) is 11.8 Å². The minimum atomic E-state index is -0.178. The zero-order valence-electron chi connectivity index (χ0n) is 15.0. The zero-order valence-corrected chi connectivity index (χ0v) is 15.0. The van der Waals surface area contributed by atoms with Gasteiger partial charge in [0.1, 0.15) is 17.7 Å². The largest absolute Gasteiger partial charge is 0.360 e. The summed E-state index contributed by atoms with van der Waals surface area (Å²) in [5, 5.41) is 23.1. The number of rotatable bonds is 4. The van der Waals surface area contributed by atoms with Crippen molar-refractivity contribution in [1.82, 2.24) is 0 Å². The molecular formula is C21H20N4O. The number of nitrogens with one attached hydrogen (secondary N) is 2. The molecule has 2 aromatic rings. The van der Waals surface area contributed by atoms with Gasteiger partial charge in [-0.2, -0.15) is 10.5 Å². The van der Waals surface area contributed by atoms with E-state index in [0.717, 1.165) is 0 Å². The summed E-state index contributed by atoms with van der Waals surface area (Å²) < 4.78 is 0. The van der Waals surface area contributed by atoms with Crippen LogP contribution in [0.25, 0.3) is 0 Å². The van der Waals surface area contributed by atoms with Crippen molar-refractivity contribution in [2.24, 2.45) is 0 Å². The number of nitrogens with zero attached hydrogens (tertiary/aromatic N) is 2. The smallest absolute Gasteiger partial charge is 0.255 e. The first kappa shape index (κ1) is 18.8. The summed E-state index contributed by atoms with van der Waals surface area (Å²) in [5.74, 6) is -0.178. The number of anilines is 2. The van der Waals surface area contributed by atoms with Gasteiger partial charge in [0.05, 0.1) is 0 Å². The first-order chi connectivity index (χ1) is 12.3. The van der Waals surface area contributed by atoms with Crippen LogP contribution in [0.15, 0.2) is 60.3 Å². The van der Waals surface area contributed by atoms with E-state index in [4.69, 9.17) is 10.5 Å². The Labute approximate surface area is 153 Å². The third kappa shape index (κ3) is 4.96. The average Bonchev–Trinajstić information content (AvgIpc) is 2.63. The molecule has 5 heteroatoms. The fourth-order valence-electron chi connectivity index (χ4n) is 2.22. The van der Waals surface area contributed by atoms with Crippen molar-refractivity contribution >= 4 is 17.3 Å². The molecule has 0 unspecified atom stereocenters. The Morgan fingerprint density at radius 1 is 0.923 bits per heavy atom. The molecule has 0 aliphatic rings. The number of hydrogen-bond donors (Lipinski definition) is 2. The summed E-state index contributed by atoms with van der Waals surface area (Å²) in [7, 11) is 0. The van der Waals surface area contributed by atoms with Crippen LogP contribution in [-0.2, 0) is 5.41 Å². The molecule has 0 bridgehead atoms. The van der Waals surface area contributed by atoms with E-state index >= 15 is 0 Å². The molecular weight excluding hydrogens is 324 g/mol. The van der Waals surface area contributed by atoms with Gasteiger partial charge in [-0.1, -0.05) is 32.9 Å². The summed E-state index contributed by atoms with van der Waals surface area (Å²) in [6.45, 7) is 6.38. The van der Waals surface area contributed by atoms with Gasteiger partial charge in [0.15, 0.2) is 0 Å². The number of hydrogen-bond acceptors (Lipinski definition) is 4. The van der Waals surface area contributed by atoms with Crippen LogP contribution in [0.3, 0.4) is 0 Å². The summed E-state index contributed by atoms with van der Waals surface area (Å²) in [5.41, 5.74) is 3.16. The predicted molar refractivity (Wildman–Crippen MR) is 102 cm³/mol. The van der Waals surface area contributed by atoms with Crippen molar-refractivity contribution in [3.63, 3.8) is 0 Å². The van der Waals surface area contributed by atoms with Crippen LogP contribution in [0.4, 0.5) is 11.4 Å². The minimum absolute atomic E-state index is 0.0129. The Morgan fingerprint density at radius 2 is 1.46 bits per heavy atom. The number of carbonyl (C=O) groups excluding carboxylic acids is 1. The second-order valence-corrected chi connectivity index (χ2v) is 6.78. The molecule has 130 valence electrons. The molecule has 26 heavy (non-hydrogen) atoms. The van der Waals surface area contributed by atoms with Crippen molar-refractivity contribution in [2.75, 3.05) is 10.6 Å². The zero-order chi connectivity index (χ0) is 19.2. The summed E-state index contributed by atoms with van der Waals surface area (Å²) in [6, 6.07) is 18.1. The van der Waals surface area contributed by atoms with E-state index in [-0.39, 0.29) is 16.9 Å².